The smallest absolute Gasteiger partial charge is 0.242 e. The Kier molecular flexibility index (Phi) is 7.76. The van der Waals surface area contributed by atoms with Gasteiger partial charge in [-0.15, -0.1) is 11.8 Å². The Labute approximate surface area is 165 Å². The minimum absolute atomic E-state index is 0.261. The molecule has 0 aliphatic carbocycles. The molecule has 0 fully saturated rings. The van der Waals surface area contributed by atoms with Crippen molar-refractivity contribution < 1.29 is 8.42 Å². The number of hydrogen-bond acceptors (Lipinski definition) is 4. The van der Waals surface area contributed by atoms with Crippen molar-refractivity contribution >= 4 is 27.7 Å². The van der Waals surface area contributed by atoms with Crippen molar-refractivity contribution in [2.45, 2.75) is 23.3 Å². The molecule has 0 radical (unpaired) electrons. The molecular weight excluding hydrogens is 382 g/mol. The topological polar surface area (TPSA) is 87.5 Å². The van der Waals surface area contributed by atoms with E-state index in [1.165, 1.54) is 16.0 Å². The first-order valence-corrected chi connectivity index (χ1v) is 11.3. The molecule has 0 unspecified atom stereocenters. The average Bonchev–Trinajstić information content (AvgIpc) is 3.09. The predicted octanol–water partition coefficient (Wildman–Crippen LogP) is 1.70. The van der Waals surface area contributed by atoms with Crippen LogP contribution in [0.4, 0.5) is 0 Å². The van der Waals surface area contributed by atoms with Crippen LogP contribution in [-0.4, -0.2) is 45.3 Å². The van der Waals surface area contributed by atoms with Crippen LogP contribution >= 0.6 is 11.8 Å². The number of hydrogen-bond donors (Lipinski definition) is 3. The van der Waals surface area contributed by atoms with Gasteiger partial charge >= 0.3 is 0 Å². The molecule has 7 nitrogen and oxygen atoms in total. The van der Waals surface area contributed by atoms with E-state index in [-0.39, 0.29) is 11.4 Å². The van der Waals surface area contributed by atoms with Crippen LogP contribution in [0.1, 0.15) is 11.1 Å². The molecule has 0 spiro atoms. The molecule has 2 rings (SSSR count). The number of aromatic nitrogens is 1. The van der Waals surface area contributed by atoms with Crippen molar-refractivity contribution in [2.24, 2.45) is 12.0 Å². The highest BCUT2D eigenvalue weighted by atomic mass is 32.2. The third-order valence-corrected chi connectivity index (χ3v) is 6.20. The second-order valence-corrected chi connectivity index (χ2v) is 8.69. The Morgan fingerprint density at radius 1 is 1.22 bits per heavy atom. The molecule has 0 saturated carbocycles. The van der Waals surface area contributed by atoms with Gasteiger partial charge in [-0.3, -0.25) is 4.99 Å². The van der Waals surface area contributed by atoms with Gasteiger partial charge < -0.3 is 15.2 Å². The van der Waals surface area contributed by atoms with E-state index in [2.05, 4.69) is 51.7 Å². The monoisotopic (exact) mass is 409 g/mol. The lowest BCUT2D eigenvalue weighted by Crippen LogP contribution is -2.41. The van der Waals surface area contributed by atoms with Crippen LogP contribution in [0.2, 0.25) is 0 Å². The summed E-state index contributed by atoms with van der Waals surface area (Å²) in [7, 11) is -0.0133. The van der Waals surface area contributed by atoms with E-state index in [4.69, 9.17) is 0 Å². The molecule has 0 amide bonds. The van der Waals surface area contributed by atoms with Crippen LogP contribution in [-0.2, 0) is 23.6 Å². The number of guanidine groups is 1. The number of nitrogens with zero attached hydrogens (tertiary/aromatic N) is 2. The fraction of sp³-hybridized carbons (Fsp3) is 0.389. The highest BCUT2D eigenvalue weighted by Gasteiger charge is 2.14. The van der Waals surface area contributed by atoms with E-state index >= 15 is 0 Å². The number of nitrogens with one attached hydrogen (secondary N) is 3. The minimum Gasteiger partial charge on any atom is -0.356 e. The van der Waals surface area contributed by atoms with E-state index in [0.29, 0.717) is 19.0 Å². The van der Waals surface area contributed by atoms with Crippen molar-refractivity contribution in [3.63, 3.8) is 0 Å². The highest BCUT2D eigenvalue weighted by molar-refractivity contribution is 7.98. The number of benzene rings is 1. The number of sulfonamides is 1. The van der Waals surface area contributed by atoms with Crippen molar-refractivity contribution in [3.8, 4) is 0 Å². The lowest BCUT2D eigenvalue weighted by molar-refractivity contribution is 0.580. The Hall–Kier alpha value is -1.97. The summed E-state index contributed by atoms with van der Waals surface area (Å²) in [6, 6.07) is 7.93. The molecule has 1 aromatic carbocycles. The summed E-state index contributed by atoms with van der Waals surface area (Å²) in [6.45, 7) is 3.41. The number of thioether (sulfide) groups is 1. The van der Waals surface area contributed by atoms with Gasteiger partial charge in [-0.05, 0) is 36.4 Å². The van der Waals surface area contributed by atoms with Crippen LogP contribution in [0.25, 0.3) is 0 Å². The van der Waals surface area contributed by atoms with Gasteiger partial charge in [-0.2, -0.15) is 0 Å². The van der Waals surface area contributed by atoms with Gasteiger partial charge in [-0.1, -0.05) is 12.1 Å². The SMILES string of the molecule is CN=C(NCCNS(=O)(=O)c1ccn(C)c1)NCc1ccc(C)cc1SC. The normalized spacial score (nSPS) is 12.2. The van der Waals surface area contributed by atoms with E-state index in [9.17, 15) is 8.42 Å². The van der Waals surface area contributed by atoms with Gasteiger partial charge in [0.25, 0.3) is 0 Å². The van der Waals surface area contributed by atoms with Crippen LogP contribution in [0.15, 0.2) is 51.4 Å². The Balaban J connectivity index is 1.81. The van der Waals surface area contributed by atoms with Gasteiger partial charge in [0.15, 0.2) is 5.96 Å². The Morgan fingerprint density at radius 2 is 2.00 bits per heavy atom. The van der Waals surface area contributed by atoms with E-state index < -0.39 is 10.0 Å². The zero-order valence-corrected chi connectivity index (χ0v) is 17.7. The summed E-state index contributed by atoms with van der Waals surface area (Å²) in [5, 5.41) is 6.38. The molecule has 0 saturated heterocycles. The maximum Gasteiger partial charge on any atom is 0.242 e. The van der Waals surface area contributed by atoms with Crippen LogP contribution in [0.5, 0.6) is 0 Å². The van der Waals surface area contributed by atoms with Gasteiger partial charge in [0.2, 0.25) is 10.0 Å². The summed E-state index contributed by atoms with van der Waals surface area (Å²) in [4.78, 5) is 5.67. The summed E-state index contributed by atoms with van der Waals surface area (Å²) < 4.78 is 28.6. The van der Waals surface area contributed by atoms with Crippen LogP contribution in [0, 0.1) is 6.92 Å². The van der Waals surface area contributed by atoms with Crippen molar-refractivity contribution in [1.29, 1.82) is 0 Å². The zero-order chi connectivity index (χ0) is 19.9. The van der Waals surface area contributed by atoms with E-state index in [1.807, 2.05) is 0 Å². The fourth-order valence-corrected chi connectivity index (χ4v) is 4.27. The molecule has 1 heterocycles. The summed E-state index contributed by atoms with van der Waals surface area (Å²) in [5.74, 6) is 0.626. The quantitative estimate of drug-likeness (QED) is 0.267. The molecular formula is C18H27N5O2S2. The number of aryl methyl sites for hydroxylation is 2. The molecule has 148 valence electrons. The minimum atomic E-state index is -3.49. The molecule has 1 aromatic heterocycles. The summed E-state index contributed by atoms with van der Waals surface area (Å²) in [6.07, 6.45) is 5.33. The van der Waals surface area contributed by atoms with E-state index in [1.54, 1.807) is 48.9 Å². The molecule has 3 N–H and O–H groups in total. The molecule has 2 aromatic rings. The molecule has 27 heavy (non-hydrogen) atoms. The average molecular weight is 410 g/mol. The summed E-state index contributed by atoms with van der Waals surface area (Å²) >= 11 is 1.71. The van der Waals surface area contributed by atoms with Crippen LogP contribution < -0.4 is 15.4 Å². The van der Waals surface area contributed by atoms with Gasteiger partial charge in [0.1, 0.15) is 0 Å². The van der Waals surface area contributed by atoms with Crippen molar-refractivity contribution in [1.82, 2.24) is 19.9 Å². The number of aliphatic imine (C=N–C) groups is 1. The first-order chi connectivity index (χ1) is 12.9. The van der Waals surface area contributed by atoms with Gasteiger partial charge in [0, 0.05) is 51.0 Å². The maximum atomic E-state index is 12.2. The lowest BCUT2D eigenvalue weighted by Gasteiger charge is -2.14. The van der Waals surface area contributed by atoms with Crippen LogP contribution in [0.3, 0.4) is 0 Å². The molecule has 0 bridgehead atoms. The summed E-state index contributed by atoms with van der Waals surface area (Å²) in [5.41, 5.74) is 2.43. The molecule has 9 heteroatoms. The zero-order valence-electron chi connectivity index (χ0n) is 16.1. The molecule has 0 atom stereocenters. The maximum absolute atomic E-state index is 12.2. The second-order valence-electron chi connectivity index (χ2n) is 6.08. The third-order valence-electron chi connectivity index (χ3n) is 3.94. The van der Waals surface area contributed by atoms with Crippen molar-refractivity contribution in [3.05, 3.63) is 47.8 Å². The second kappa shape index (κ2) is 9.82. The van der Waals surface area contributed by atoms with Gasteiger partial charge in [-0.25, -0.2) is 13.1 Å². The van der Waals surface area contributed by atoms with Crippen molar-refractivity contribution in [2.75, 3.05) is 26.4 Å². The first-order valence-electron chi connectivity index (χ1n) is 8.55. The fourth-order valence-electron chi connectivity index (χ4n) is 2.48. The molecule has 0 aliphatic rings. The third kappa shape index (κ3) is 6.30. The Morgan fingerprint density at radius 3 is 2.63 bits per heavy atom. The Bertz CT molecular complexity index is 891. The highest BCUT2D eigenvalue weighted by Crippen LogP contribution is 2.21. The predicted molar refractivity (Wildman–Crippen MR) is 112 cm³/mol. The first kappa shape index (κ1) is 21.3. The number of rotatable bonds is 8. The standard InChI is InChI=1S/C18H27N5O2S2/c1-14-5-6-15(17(11-14)26-4)12-21-18(19-2)20-8-9-22-27(24,25)16-7-10-23(3)13-16/h5-7,10-11,13,22H,8-9,12H2,1-4H3,(H2,19,20,21). The largest absolute Gasteiger partial charge is 0.356 e. The lowest BCUT2D eigenvalue weighted by atomic mass is 10.1. The molecule has 0 aliphatic heterocycles. The van der Waals surface area contributed by atoms with Gasteiger partial charge in [0.05, 0.1) is 4.90 Å². The van der Waals surface area contributed by atoms with E-state index in [0.717, 1.165) is 0 Å².